The molecule has 0 radical (unpaired) electrons. The third kappa shape index (κ3) is 6.00. The van der Waals surface area contributed by atoms with Crippen molar-refractivity contribution in [2.24, 2.45) is 11.8 Å². The monoisotopic (exact) mass is 415 g/mol. The van der Waals surface area contributed by atoms with E-state index in [-0.39, 0.29) is 11.9 Å². The van der Waals surface area contributed by atoms with E-state index < -0.39 is 12.1 Å². The van der Waals surface area contributed by atoms with Gasteiger partial charge in [0, 0.05) is 12.4 Å². The largest absolute Gasteiger partial charge is 0.479 e. The molecule has 0 bridgehead atoms. The molecular weight excluding hydrogens is 385 g/mol. The van der Waals surface area contributed by atoms with Gasteiger partial charge < -0.3 is 9.67 Å². The molecule has 30 heavy (non-hydrogen) atoms. The highest BCUT2D eigenvalue weighted by Gasteiger charge is 2.26. The summed E-state index contributed by atoms with van der Waals surface area (Å²) >= 11 is 0. The van der Waals surface area contributed by atoms with Crippen LogP contribution in [0.4, 0.5) is 4.39 Å². The molecule has 0 saturated heterocycles. The van der Waals surface area contributed by atoms with E-state index in [2.05, 4.69) is 20.5 Å². The topological polar surface area (TPSA) is 90.4 Å². The van der Waals surface area contributed by atoms with E-state index in [1.807, 2.05) is 24.7 Å². The molecule has 1 aliphatic carbocycles. The van der Waals surface area contributed by atoms with Gasteiger partial charge in [0.15, 0.2) is 6.10 Å². The van der Waals surface area contributed by atoms with Crippen LogP contribution in [-0.4, -0.2) is 26.7 Å². The number of carboxylic acids is 1. The molecule has 0 spiro atoms. The van der Waals surface area contributed by atoms with Gasteiger partial charge in [0.1, 0.15) is 5.82 Å². The smallest absolute Gasteiger partial charge is 0.334 e. The molecule has 1 saturated carbocycles. The summed E-state index contributed by atoms with van der Waals surface area (Å²) in [4.78, 5) is 20.1. The molecule has 2 aromatic rings. The van der Waals surface area contributed by atoms with E-state index in [9.17, 15) is 14.3 Å². The van der Waals surface area contributed by atoms with Crippen LogP contribution in [0.15, 0.2) is 54.6 Å². The van der Waals surface area contributed by atoms with Gasteiger partial charge in [-0.2, -0.15) is 0 Å². The lowest BCUT2D eigenvalue weighted by atomic mass is 9.79. The third-order valence-corrected chi connectivity index (χ3v) is 5.94. The highest BCUT2D eigenvalue weighted by atomic mass is 19.1. The number of halogens is 1. The number of allylic oxidation sites excluding steroid dienone is 2. The van der Waals surface area contributed by atoms with Crippen molar-refractivity contribution in [2.45, 2.75) is 63.5 Å². The summed E-state index contributed by atoms with van der Waals surface area (Å²) in [7, 11) is 0. The maximum atomic E-state index is 13.4. The summed E-state index contributed by atoms with van der Waals surface area (Å²) in [6.45, 7) is 0. The molecular formula is C23H30FN3O3. The van der Waals surface area contributed by atoms with E-state index in [0.29, 0.717) is 25.2 Å². The zero-order valence-corrected chi connectivity index (χ0v) is 17.1. The minimum Gasteiger partial charge on any atom is -0.479 e. The van der Waals surface area contributed by atoms with Gasteiger partial charge in [0.25, 0.3) is 0 Å². The van der Waals surface area contributed by atoms with Crippen LogP contribution in [0.25, 0.3) is 0 Å². The van der Waals surface area contributed by atoms with Gasteiger partial charge in [0.05, 0.1) is 12.4 Å². The third-order valence-electron chi connectivity index (χ3n) is 5.94. The molecule has 6 nitrogen and oxygen atoms in total. The Kier molecular flexibility index (Phi) is 8.16. The molecule has 3 rings (SSSR count). The molecule has 0 aliphatic heterocycles. The Bertz CT molecular complexity index is 815. The van der Waals surface area contributed by atoms with Crippen LogP contribution in [-0.2, 0) is 16.1 Å². The predicted octanol–water partition coefficient (Wildman–Crippen LogP) is 4.44. The number of nitrogens with zero attached hydrogens (tertiary/aromatic N) is 2. The van der Waals surface area contributed by atoms with Crippen molar-refractivity contribution in [3.8, 4) is 0 Å². The van der Waals surface area contributed by atoms with Gasteiger partial charge in [-0.05, 0) is 61.3 Å². The lowest BCUT2D eigenvalue weighted by molar-refractivity contribution is -0.151. The van der Waals surface area contributed by atoms with Gasteiger partial charge in [-0.3, -0.25) is 4.84 Å². The van der Waals surface area contributed by atoms with Crippen molar-refractivity contribution in [1.82, 2.24) is 9.55 Å². The average Bonchev–Trinajstić information content (AvgIpc) is 3.29. The minimum atomic E-state index is -1.05. The van der Waals surface area contributed by atoms with Crippen LogP contribution in [0.3, 0.4) is 0 Å². The molecule has 162 valence electrons. The summed E-state index contributed by atoms with van der Waals surface area (Å²) in [6, 6.07) is 6.66. The molecule has 1 aromatic carbocycles. The Balaban J connectivity index is 1.88. The van der Waals surface area contributed by atoms with Gasteiger partial charge >= 0.3 is 5.97 Å². The number of imidazole rings is 1. The zero-order chi connectivity index (χ0) is 21.3. The Hall–Kier alpha value is -2.51. The van der Waals surface area contributed by atoms with Crippen molar-refractivity contribution in [3.63, 3.8) is 0 Å². The normalized spacial score (nSPS) is 17.6. The number of carbonyl (C=O) groups is 1. The predicted molar refractivity (Wildman–Crippen MR) is 112 cm³/mol. The van der Waals surface area contributed by atoms with Crippen LogP contribution >= 0.6 is 0 Å². The quantitative estimate of drug-likeness (QED) is 0.442. The number of aliphatic carboxylic acids is 1. The maximum Gasteiger partial charge on any atom is 0.334 e. The molecule has 1 heterocycles. The lowest BCUT2D eigenvalue weighted by Crippen LogP contribution is -2.27. The number of nitrogens with two attached hydrogens (primary N) is 1. The van der Waals surface area contributed by atoms with Crippen molar-refractivity contribution in [1.29, 1.82) is 0 Å². The van der Waals surface area contributed by atoms with Gasteiger partial charge in [-0.15, -0.1) is 0 Å². The van der Waals surface area contributed by atoms with Gasteiger partial charge in [-0.25, -0.2) is 20.1 Å². The molecule has 3 N–H and O–H groups in total. The first kappa shape index (κ1) is 22.2. The van der Waals surface area contributed by atoms with E-state index in [4.69, 9.17) is 5.90 Å². The number of benzene rings is 1. The average molecular weight is 416 g/mol. The number of carboxylic acid groups (broad SMARTS) is 1. The Morgan fingerprint density at radius 1 is 1.30 bits per heavy atom. The maximum absolute atomic E-state index is 13.4. The van der Waals surface area contributed by atoms with Crippen LogP contribution < -0.4 is 5.90 Å². The second-order valence-electron chi connectivity index (χ2n) is 7.94. The Morgan fingerprint density at radius 2 is 2.03 bits per heavy atom. The van der Waals surface area contributed by atoms with Gasteiger partial charge in [-0.1, -0.05) is 37.5 Å². The summed E-state index contributed by atoms with van der Waals surface area (Å²) in [5, 5.41) is 9.20. The number of aromatic nitrogens is 2. The second-order valence-corrected chi connectivity index (χ2v) is 7.94. The van der Waals surface area contributed by atoms with Gasteiger partial charge in [0.2, 0.25) is 0 Å². The first-order chi connectivity index (χ1) is 14.6. The summed E-state index contributed by atoms with van der Waals surface area (Å²) in [5.74, 6) is 4.28. The number of hydrogen-bond donors (Lipinski definition) is 2. The Labute approximate surface area is 176 Å². The van der Waals surface area contributed by atoms with E-state index in [1.54, 1.807) is 6.20 Å². The first-order valence-electron chi connectivity index (χ1n) is 10.6. The highest BCUT2D eigenvalue weighted by molar-refractivity contribution is 5.72. The van der Waals surface area contributed by atoms with E-state index >= 15 is 0 Å². The van der Waals surface area contributed by atoms with Crippen molar-refractivity contribution in [3.05, 3.63) is 66.0 Å². The zero-order valence-electron chi connectivity index (χ0n) is 17.1. The second kappa shape index (κ2) is 11.0. The lowest BCUT2D eigenvalue weighted by Gasteiger charge is -2.31. The Morgan fingerprint density at radius 3 is 2.63 bits per heavy atom. The fourth-order valence-electron chi connectivity index (χ4n) is 4.35. The molecule has 1 aliphatic rings. The first-order valence-corrected chi connectivity index (χ1v) is 10.6. The minimum absolute atomic E-state index is 0.0446. The fourth-order valence-corrected chi connectivity index (χ4v) is 4.35. The molecule has 2 atom stereocenters. The fraction of sp³-hybridized carbons (Fsp3) is 0.478. The van der Waals surface area contributed by atoms with Crippen LogP contribution in [0, 0.1) is 11.7 Å². The number of hydrogen-bond acceptors (Lipinski definition) is 4. The van der Waals surface area contributed by atoms with Crippen molar-refractivity contribution >= 4 is 5.97 Å². The SMILES string of the molecule is NOC(CCC=C(C1CCCCC1)C(Cc1ccc(F)cc1)n1ccnc1)C(=O)O. The van der Waals surface area contributed by atoms with Crippen LogP contribution in [0.5, 0.6) is 0 Å². The van der Waals surface area contributed by atoms with Crippen LogP contribution in [0.1, 0.15) is 56.6 Å². The number of rotatable bonds is 10. The standard InChI is InChI=1S/C23H30FN3O3/c24-19-11-9-17(10-12-19)15-21(27-14-13-26-16-27)20(18-5-2-1-3-6-18)7-4-8-22(30-25)23(28)29/h7,9-14,16,18,21-22H,1-6,8,15,25H2,(H,28,29). The summed E-state index contributed by atoms with van der Waals surface area (Å²) < 4.78 is 15.5. The molecule has 7 heteroatoms. The summed E-state index contributed by atoms with van der Waals surface area (Å²) in [6.07, 6.45) is 14.2. The van der Waals surface area contributed by atoms with Crippen LogP contribution in [0.2, 0.25) is 0 Å². The molecule has 1 aromatic heterocycles. The van der Waals surface area contributed by atoms with Crippen molar-refractivity contribution < 1.29 is 19.1 Å². The summed E-state index contributed by atoms with van der Waals surface area (Å²) in [5.41, 5.74) is 2.34. The highest BCUT2D eigenvalue weighted by Crippen LogP contribution is 2.37. The van der Waals surface area contributed by atoms with Crippen molar-refractivity contribution in [2.75, 3.05) is 0 Å². The van der Waals surface area contributed by atoms with E-state index in [0.717, 1.165) is 18.4 Å². The molecule has 1 fully saturated rings. The molecule has 2 unspecified atom stereocenters. The van der Waals surface area contributed by atoms with E-state index in [1.165, 1.54) is 37.0 Å². The molecule has 0 amide bonds.